The van der Waals surface area contributed by atoms with Gasteiger partial charge in [-0.25, -0.2) is 9.38 Å². The topological polar surface area (TPSA) is 101 Å². The van der Waals surface area contributed by atoms with E-state index in [1.165, 1.54) is 12.1 Å². The van der Waals surface area contributed by atoms with E-state index in [0.717, 1.165) is 38.8 Å². The van der Waals surface area contributed by atoms with Gasteiger partial charge in [0.25, 0.3) is 0 Å². The quantitative estimate of drug-likeness (QED) is 0.328. The molecule has 0 aliphatic carbocycles. The van der Waals surface area contributed by atoms with Crippen molar-refractivity contribution in [1.29, 1.82) is 5.26 Å². The minimum atomic E-state index is -0.578. The molecule has 3 rings (SSSR count). The molecule has 9 heteroatoms. The maximum Gasteiger partial charge on any atom is 0.245 e. The SMILES string of the molecule is N#CNC(=NCc1cccc(F)c1)NC1CCCCN(CC(=O)N2CCCC2)C1=O. The average Bonchev–Trinajstić information content (AvgIpc) is 3.22. The molecule has 2 amide bonds. The normalized spacial score (nSPS) is 19.9. The molecule has 0 bridgehead atoms. The standard InChI is InChI=1S/C21H27FN6O2/c22-17-7-5-6-16(12-17)13-24-21(25-15-23)26-18-8-1-2-11-28(20(18)30)14-19(29)27-9-3-4-10-27/h5-7,12,18H,1-4,8-11,13-14H2,(H2,24,25,26). The first-order chi connectivity index (χ1) is 14.6. The Morgan fingerprint density at radius 2 is 2.00 bits per heavy atom. The molecule has 1 atom stereocenters. The summed E-state index contributed by atoms with van der Waals surface area (Å²) in [7, 11) is 0. The molecule has 160 valence electrons. The Morgan fingerprint density at radius 3 is 2.73 bits per heavy atom. The lowest BCUT2D eigenvalue weighted by Gasteiger charge is -2.27. The Labute approximate surface area is 175 Å². The molecule has 2 saturated heterocycles. The van der Waals surface area contributed by atoms with E-state index < -0.39 is 6.04 Å². The highest BCUT2D eigenvalue weighted by Gasteiger charge is 2.30. The number of halogens is 1. The molecular weight excluding hydrogens is 387 g/mol. The van der Waals surface area contributed by atoms with E-state index in [1.54, 1.807) is 17.0 Å². The van der Waals surface area contributed by atoms with E-state index in [9.17, 15) is 14.0 Å². The van der Waals surface area contributed by atoms with E-state index >= 15 is 0 Å². The Bertz CT molecular complexity index is 831. The van der Waals surface area contributed by atoms with Gasteiger partial charge in [0.05, 0.1) is 13.1 Å². The van der Waals surface area contributed by atoms with Gasteiger partial charge >= 0.3 is 0 Å². The van der Waals surface area contributed by atoms with Crippen LogP contribution in [0.3, 0.4) is 0 Å². The fourth-order valence-corrected chi connectivity index (χ4v) is 3.77. The molecule has 0 radical (unpaired) electrons. The highest BCUT2D eigenvalue weighted by molar-refractivity contribution is 5.92. The zero-order valence-corrected chi connectivity index (χ0v) is 16.9. The summed E-state index contributed by atoms with van der Waals surface area (Å²) in [6, 6.07) is 5.47. The van der Waals surface area contributed by atoms with Crippen molar-refractivity contribution in [2.75, 3.05) is 26.2 Å². The van der Waals surface area contributed by atoms with Crippen LogP contribution in [0.1, 0.15) is 37.7 Å². The summed E-state index contributed by atoms with van der Waals surface area (Å²) < 4.78 is 13.4. The van der Waals surface area contributed by atoms with Crippen molar-refractivity contribution in [2.45, 2.75) is 44.7 Å². The smallest absolute Gasteiger partial charge is 0.245 e. The van der Waals surface area contributed by atoms with Gasteiger partial charge in [0.2, 0.25) is 17.8 Å². The van der Waals surface area contributed by atoms with Gasteiger partial charge in [0, 0.05) is 19.6 Å². The van der Waals surface area contributed by atoms with Crippen LogP contribution in [0.25, 0.3) is 0 Å². The van der Waals surface area contributed by atoms with Crippen LogP contribution < -0.4 is 10.6 Å². The number of carbonyl (C=O) groups is 2. The minimum Gasteiger partial charge on any atom is -0.344 e. The summed E-state index contributed by atoms with van der Waals surface area (Å²) in [6.07, 6.45) is 6.05. The number of hydrogen-bond acceptors (Lipinski definition) is 4. The summed E-state index contributed by atoms with van der Waals surface area (Å²) in [6.45, 7) is 2.29. The van der Waals surface area contributed by atoms with Crippen molar-refractivity contribution in [3.8, 4) is 6.19 Å². The molecule has 1 unspecified atom stereocenters. The number of amides is 2. The molecule has 1 aromatic carbocycles. The van der Waals surface area contributed by atoms with Crippen molar-refractivity contribution < 1.29 is 14.0 Å². The average molecular weight is 414 g/mol. The van der Waals surface area contributed by atoms with Crippen molar-refractivity contribution in [3.05, 3.63) is 35.6 Å². The Kier molecular flexibility index (Phi) is 7.60. The highest BCUT2D eigenvalue weighted by Crippen LogP contribution is 2.14. The highest BCUT2D eigenvalue weighted by atomic mass is 19.1. The number of benzene rings is 1. The number of aliphatic imine (C=N–C) groups is 1. The summed E-state index contributed by atoms with van der Waals surface area (Å²) in [5, 5.41) is 14.5. The number of likely N-dealkylation sites (tertiary alicyclic amines) is 2. The number of carbonyl (C=O) groups excluding carboxylic acids is 2. The maximum atomic E-state index is 13.4. The summed E-state index contributed by atoms with van der Waals surface area (Å²) in [5.41, 5.74) is 0.652. The number of rotatable bonds is 5. The van der Waals surface area contributed by atoms with Gasteiger partial charge in [-0.3, -0.25) is 14.9 Å². The lowest BCUT2D eigenvalue weighted by atomic mass is 10.1. The molecule has 0 aromatic heterocycles. The number of nitrogens with zero attached hydrogens (tertiary/aromatic N) is 4. The van der Waals surface area contributed by atoms with Gasteiger partial charge in [-0.05, 0) is 49.8 Å². The van der Waals surface area contributed by atoms with Crippen LogP contribution in [0.15, 0.2) is 29.3 Å². The van der Waals surface area contributed by atoms with Crippen LogP contribution in [-0.4, -0.2) is 59.8 Å². The van der Waals surface area contributed by atoms with Crippen LogP contribution >= 0.6 is 0 Å². The first kappa shape index (κ1) is 21.6. The van der Waals surface area contributed by atoms with Crippen molar-refractivity contribution in [2.24, 2.45) is 4.99 Å². The van der Waals surface area contributed by atoms with Crippen LogP contribution in [0, 0.1) is 17.3 Å². The van der Waals surface area contributed by atoms with Crippen molar-refractivity contribution in [3.63, 3.8) is 0 Å². The Morgan fingerprint density at radius 1 is 1.23 bits per heavy atom. The van der Waals surface area contributed by atoms with E-state index in [1.807, 2.05) is 11.1 Å². The van der Waals surface area contributed by atoms with Crippen LogP contribution in [-0.2, 0) is 16.1 Å². The Hall–Kier alpha value is -3.15. The van der Waals surface area contributed by atoms with Crippen LogP contribution in [0.4, 0.5) is 4.39 Å². The molecule has 2 aliphatic heterocycles. The van der Waals surface area contributed by atoms with Gasteiger partial charge in [0.1, 0.15) is 11.9 Å². The molecule has 0 saturated carbocycles. The van der Waals surface area contributed by atoms with E-state index in [0.29, 0.717) is 18.5 Å². The predicted molar refractivity (Wildman–Crippen MR) is 109 cm³/mol. The second-order valence-corrected chi connectivity index (χ2v) is 7.57. The van der Waals surface area contributed by atoms with Gasteiger partial charge in [-0.1, -0.05) is 12.1 Å². The summed E-state index contributed by atoms with van der Waals surface area (Å²) >= 11 is 0. The summed E-state index contributed by atoms with van der Waals surface area (Å²) in [4.78, 5) is 33.2. The number of nitriles is 1. The van der Waals surface area contributed by atoms with Gasteiger partial charge in [0.15, 0.2) is 6.19 Å². The third-order valence-electron chi connectivity index (χ3n) is 5.36. The number of guanidine groups is 1. The monoisotopic (exact) mass is 414 g/mol. The van der Waals surface area contributed by atoms with E-state index in [4.69, 9.17) is 5.26 Å². The second kappa shape index (κ2) is 10.6. The first-order valence-corrected chi connectivity index (χ1v) is 10.3. The third-order valence-corrected chi connectivity index (χ3v) is 5.36. The van der Waals surface area contributed by atoms with Gasteiger partial charge < -0.3 is 15.1 Å². The molecule has 2 heterocycles. The fraction of sp³-hybridized carbons (Fsp3) is 0.524. The third kappa shape index (κ3) is 5.92. The number of nitrogens with one attached hydrogen (secondary N) is 2. The second-order valence-electron chi connectivity index (χ2n) is 7.57. The molecular formula is C21H27FN6O2. The van der Waals surface area contributed by atoms with Gasteiger partial charge in [-0.2, -0.15) is 5.26 Å². The maximum absolute atomic E-state index is 13.4. The predicted octanol–water partition coefficient (Wildman–Crippen LogP) is 1.35. The number of hydrogen-bond donors (Lipinski definition) is 2. The molecule has 30 heavy (non-hydrogen) atoms. The molecule has 1 aromatic rings. The zero-order valence-electron chi connectivity index (χ0n) is 16.9. The van der Waals surface area contributed by atoms with Crippen LogP contribution in [0.5, 0.6) is 0 Å². The van der Waals surface area contributed by atoms with Crippen LogP contribution in [0.2, 0.25) is 0 Å². The molecule has 2 N–H and O–H groups in total. The van der Waals surface area contributed by atoms with E-state index in [-0.39, 0.29) is 36.7 Å². The van der Waals surface area contributed by atoms with Crippen molar-refractivity contribution in [1.82, 2.24) is 20.4 Å². The molecule has 2 fully saturated rings. The largest absolute Gasteiger partial charge is 0.344 e. The minimum absolute atomic E-state index is 0.0170. The lowest BCUT2D eigenvalue weighted by molar-refractivity contribution is -0.140. The van der Waals surface area contributed by atoms with Gasteiger partial charge in [-0.15, -0.1) is 0 Å². The molecule has 0 spiro atoms. The fourth-order valence-electron chi connectivity index (χ4n) is 3.77. The summed E-state index contributed by atoms with van der Waals surface area (Å²) in [5.74, 6) is -0.384. The zero-order chi connectivity index (χ0) is 21.3. The molecule has 8 nitrogen and oxygen atoms in total. The first-order valence-electron chi connectivity index (χ1n) is 10.3. The Balaban J connectivity index is 1.65. The molecule has 2 aliphatic rings. The van der Waals surface area contributed by atoms with E-state index in [2.05, 4.69) is 15.6 Å². The lowest BCUT2D eigenvalue weighted by Crippen LogP contribution is -2.52. The van der Waals surface area contributed by atoms with Crippen molar-refractivity contribution >= 4 is 17.8 Å².